The molecule has 0 aromatic heterocycles. The summed E-state index contributed by atoms with van der Waals surface area (Å²) in [5.41, 5.74) is 0. The van der Waals surface area contributed by atoms with Crippen LogP contribution in [0.4, 0.5) is 0 Å². The first-order valence-electron chi connectivity index (χ1n) is 0.984. The van der Waals surface area contributed by atoms with E-state index in [-0.39, 0.29) is 0 Å². The van der Waals surface area contributed by atoms with E-state index in [1.165, 1.54) is 0 Å². The van der Waals surface area contributed by atoms with Crippen molar-refractivity contribution < 1.29 is 0 Å². The maximum absolute atomic E-state index is 7.69. The van der Waals surface area contributed by atoms with Crippen LogP contribution in [-0.2, 0) is 0 Å². The lowest BCUT2D eigenvalue weighted by Gasteiger charge is -1.63. The van der Waals surface area contributed by atoms with Gasteiger partial charge in [0.25, 0.3) is 0 Å². The summed E-state index contributed by atoms with van der Waals surface area (Å²) >= 11 is 6.08. The Morgan fingerprint density at radius 1 is 2.00 bits per heavy atom. The molecule has 3 heteroatoms. The molecule has 5 heavy (non-hydrogen) atoms. The monoisotopic (exact) mass is 107 g/mol. The largest absolute Gasteiger partial charge is 0.185 e. The number of alkyl halides is 1. The van der Waals surface area contributed by atoms with E-state index in [2.05, 4.69) is 0 Å². The maximum atomic E-state index is 7.69. The summed E-state index contributed by atoms with van der Waals surface area (Å²) in [5.74, 6) is 0. The van der Waals surface area contributed by atoms with Gasteiger partial charge in [0.1, 0.15) is 5.40 Å². The van der Waals surface area contributed by atoms with Gasteiger partial charge in [-0.15, -0.1) is 11.6 Å². The van der Waals surface area contributed by atoms with Gasteiger partial charge in [-0.05, 0) is 11.8 Å². The Balaban J connectivity index is 2.48. The van der Waals surface area contributed by atoms with Gasteiger partial charge >= 0.3 is 0 Å². The zero-order valence-electron chi connectivity index (χ0n) is 2.44. The summed E-state index contributed by atoms with van der Waals surface area (Å²) in [7, 11) is 0. The summed E-state index contributed by atoms with van der Waals surface area (Å²) in [4.78, 5) is 0. The van der Waals surface area contributed by atoms with E-state index < -0.39 is 0 Å². The molecule has 28 valence electrons. The second kappa shape index (κ2) is 4.13. The molecule has 1 nitrogen and oxygen atoms in total. The molecular weight excluding hydrogens is 106 g/mol. The van der Waals surface area contributed by atoms with Crippen LogP contribution in [0.5, 0.6) is 0 Å². The molecular formula is C2H2ClNS. The lowest BCUT2D eigenvalue weighted by Crippen LogP contribution is -1.45. The van der Waals surface area contributed by atoms with Gasteiger partial charge in [-0.25, -0.2) is 0 Å². The van der Waals surface area contributed by atoms with Gasteiger partial charge in [0, 0.05) is 0 Å². The van der Waals surface area contributed by atoms with Crippen molar-refractivity contribution in [3.05, 3.63) is 0 Å². The van der Waals surface area contributed by atoms with E-state index in [1.807, 2.05) is 0 Å². The number of nitrogens with zero attached hydrogens (tertiary/aromatic N) is 1. The minimum atomic E-state index is 0.372. The van der Waals surface area contributed by atoms with Crippen LogP contribution in [0.25, 0.3) is 0 Å². The van der Waals surface area contributed by atoms with Gasteiger partial charge in [-0.3, -0.25) is 0 Å². The lowest BCUT2D eigenvalue weighted by atomic mass is 11.8. The fourth-order valence-electron chi connectivity index (χ4n) is 0.0244. The third-order valence-corrected chi connectivity index (χ3v) is 0.685. The molecule has 0 aromatic rings. The lowest BCUT2D eigenvalue weighted by molar-refractivity contribution is 1.57. The first kappa shape index (κ1) is 5.13. The molecule has 0 atom stereocenters. The first-order chi connectivity index (χ1) is 2.41. The smallest absolute Gasteiger partial charge is 0.134 e. The molecule has 0 unspecified atom stereocenters. The zero-order valence-corrected chi connectivity index (χ0v) is 4.01. The van der Waals surface area contributed by atoms with E-state index in [0.29, 0.717) is 5.21 Å². The van der Waals surface area contributed by atoms with Gasteiger partial charge in [0.2, 0.25) is 0 Å². The van der Waals surface area contributed by atoms with E-state index in [0.717, 1.165) is 11.8 Å². The van der Waals surface area contributed by atoms with Gasteiger partial charge in [0.15, 0.2) is 0 Å². The van der Waals surface area contributed by atoms with Gasteiger partial charge in [0.05, 0.1) is 5.21 Å². The Morgan fingerprint density at radius 2 is 2.60 bits per heavy atom. The number of thioether (sulfide) groups is 1. The van der Waals surface area contributed by atoms with Crippen molar-refractivity contribution in [1.82, 2.24) is 0 Å². The minimum Gasteiger partial charge on any atom is -0.185 e. The van der Waals surface area contributed by atoms with E-state index in [9.17, 15) is 0 Å². The van der Waals surface area contributed by atoms with E-state index >= 15 is 0 Å². The molecule has 0 heterocycles. The zero-order chi connectivity index (χ0) is 4.12. The molecule has 0 aromatic carbocycles. The molecule has 0 N–H and O–H groups in total. The Bertz CT molecular complexity index is 48.1. The standard InChI is InChI=1S/C2H2ClNS/c3-1-5-2-4/h1H2. The number of rotatable bonds is 1. The Labute approximate surface area is 39.9 Å². The highest BCUT2D eigenvalue weighted by atomic mass is 35.5. The van der Waals surface area contributed by atoms with Crippen LogP contribution in [0.3, 0.4) is 0 Å². The highest BCUT2D eigenvalue weighted by Gasteiger charge is 1.68. The van der Waals surface area contributed by atoms with Gasteiger partial charge in [-0.2, -0.15) is 5.26 Å². The van der Waals surface area contributed by atoms with Crippen molar-refractivity contribution in [2.24, 2.45) is 0 Å². The third-order valence-electron chi connectivity index (χ3n) is 0.119. The minimum absolute atomic E-state index is 0.372. The summed E-state index contributed by atoms with van der Waals surface area (Å²) in [6, 6.07) is 0. The molecule has 0 aliphatic heterocycles. The number of nitriles is 1. The van der Waals surface area contributed by atoms with Crippen molar-refractivity contribution in [2.45, 2.75) is 0 Å². The molecule has 0 radical (unpaired) electrons. The van der Waals surface area contributed by atoms with Crippen LogP contribution in [0.15, 0.2) is 0 Å². The molecule has 0 rings (SSSR count). The van der Waals surface area contributed by atoms with Crippen LogP contribution in [-0.4, -0.2) is 5.21 Å². The van der Waals surface area contributed by atoms with Crippen molar-refractivity contribution in [3.63, 3.8) is 0 Å². The first-order valence-corrected chi connectivity index (χ1v) is 2.50. The molecule has 0 bridgehead atoms. The Morgan fingerprint density at radius 3 is 2.60 bits per heavy atom. The average molecular weight is 108 g/mol. The third kappa shape index (κ3) is 4.13. The van der Waals surface area contributed by atoms with Crippen LogP contribution in [0, 0.1) is 10.7 Å². The summed E-state index contributed by atoms with van der Waals surface area (Å²) < 4.78 is 0. The number of halogens is 1. The van der Waals surface area contributed by atoms with Gasteiger partial charge in [-0.1, -0.05) is 0 Å². The van der Waals surface area contributed by atoms with Crippen LogP contribution >= 0.6 is 23.4 Å². The average Bonchev–Trinajstić information content (AvgIpc) is 1.41. The molecule has 0 saturated carbocycles. The van der Waals surface area contributed by atoms with Gasteiger partial charge < -0.3 is 0 Å². The highest BCUT2D eigenvalue weighted by Crippen LogP contribution is 1.95. The Hall–Kier alpha value is 0.130. The van der Waals surface area contributed by atoms with Crippen LogP contribution in [0.1, 0.15) is 0 Å². The predicted molar refractivity (Wildman–Crippen MR) is 23.9 cm³/mol. The summed E-state index contributed by atoms with van der Waals surface area (Å²) in [6.45, 7) is 0. The molecule has 0 aliphatic carbocycles. The quantitative estimate of drug-likeness (QED) is 0.374. The van der Waals surface area contributed by atoms with E-state index in [1.54, 1.807) is 5.40 Å². The number of hydrogen-bond donors (Lipinski definition) is 0. The number of hydrogen-bond acceptors (Lipinski definition) is 2. The molecule has 0 fully saturated rings. The fraction of sp³-hybridized carbons (Fsp3) is 0.500. The van der Waals surface area contributed by atoms with E-state index in [4.69, 9.17) is 16.9 Å². The maximum Gasteiger partial charge on any atom is 0.134 e. The predicted octanol–water partition coefficient (Wildman–Crippen LogP) is 1.40. The second-order valence-corrected chi connectivity index (χ2v) is 1.69. The van der Waals surface area contributed by atoms with Crippen molar-refractivity contribution in [1.29, 1.82) is 5.26 Å². The fourth-order valence-corrected chi connectivity index (χ4v) is 0.220. The molecule has 0 spiro atoms. The van der Waals surface area contributed by atoms with Crippen molar-refractivity contribution in [2.75, 3.05) is 5.21 Å². The SMILES string of the molecule is N#CSCCl. The normalized spacial score (nSPS) is 6.40. The van der Waals surface area contributed by atoms with Crippen LogP contribution < -0.4 is 0 Å². The Kier molecular flexibility index (Phi) is 4.24. The van der Waals surface area contributed by atoms with Crippen molar-refractivity contribution in [3.8, 4) is 5.40 Å². The van der Waals surface area contributed by atoms with Crippen LogP contribution in [0.2, 0.25) is 0 Å². The van der Waals surface area contributed by atoms with Crippen molar-refractivity contribution >= 4 is 23.4 Å². The molecule has 0 aliphatic rings. The second-order valence-electron chi connectivity index (χ2n) is 0.345. The topological polar surface area (TPSA) is 23.8 Å². The molecule has 0 saturated heterocycles. The highest BCUT2D eigenvalue weighted by molar-refractivity contribution is 8.04. The number of thiocyanates is 1. The molecule has 0 amide bonds. The summed E-state index contributed by atoms with van der Waals surface area (Å²) in [6.07, 6.45) is 0. The summed E-state index contributed by atoms with van der Waals surface area (Å²) in [5, 5.41) is 9.87.